The SMILES string of the molecule is CC[C@@]12CN(C(=O)NC(C)C)[C@@H]([C@H](n3cc(C)c(=O)[nH]c3=O)O1)[C@@H]2O. The van der Waals surface area contributed by atoms with E-state index < -0.39 is 35.2 Å². The van der Waals surface area contributed by atoms with Crippen LogP contribution in [0, 0.1) is 6.92 Å². The summed E-state index contributed by atoms with van der Waals surface area (Å²) in [5, 5.41) is 13.6. The molecule has 2 fully saturated rings. The third kappa shape index (κ3) is 2.67. The second kappa shape index (κ2) is 5.99. The number of likely N-dealkylation sites (tertiary alicyclic amines) is 1. The molecule has 2 bridgehead atoms. The minimum atomic E-state index is -0.923. The highest BCUT2D eigenvalue weighted by Crippen LogP contribution is 2.47. The van der Waals surface area contributed by atoms with Crippen LogP contribution in [-0.2, 0) is 4.74 Å². The molecule has 0 spiro atoms. The van der Waals surface area contributed by atoms with Crippen LogP contribution in [0.5, 0.6) is 0 Å². The zero-order chi connectivity index (χ0) is 18.5. The molecule has 0 radical (unpaired) electrons. The van der Waals surface area contributed by atoms with Gasteiger partial charge < -0.3 is 20.1 Å². The first-order valence-corrected chi connectivity index (χ1v) is 8.45. The van der Waals surface area contributed by atoms with Gasteiger partial charge in [0.05, 0.1) is 6.54 Å². The predicted octanol–water partition coefficient (Wildman–Crippen LogP) is -0.314. The van der Waals surface area contributed by atoms with Crippen molar-refractivity contribution >= 4 is 6.03 Å². The third-order valence-electron chi connectivity index (χ3n) is 5.00. The van der Waals surface area contributed by atoms with Crippen LogP contribution in [0.1, 0.15) is 39.0 Å². The maximum atomic E-state index is 12.5. The number of carbonyl (C=O) groups excluding carboxylic acids is 1. The lowest BCUT2D eigenvalue weighted by atomic mass is 9.96. The van der Waals surface area contributed by atoms with E-state index in [1.807, 2.05) is 20.8 Å². The minimum absolute atomic E-state index is 0.0567. The summed E-state index contributed by atoms with van der Waals surface area (Å²) in [5.74, 6) is 0. The zero-order valence-electron chi connectivity index (χ0n) is 14.8. The maximum absolute atomic E-state index is 12.5. The van der Waals surface area contributed by atoms with Crippen LogP contribution in [0.25, 0.3) is 0 Å². The van der Waals surface area contributed by atoms with Crippen LogP contribution in [0.3, 0.4) is 0 Å². The molecule has 3 rings (SSSR count). The standard InChI is InChI=1S/C16H24N4O5/c1-5-16-7-20(14(23)17-8(2)3)10(11(16)21)13(25-16)19-6-9(4)12(22)18-15(19)24/h6,8,10-11,13,21H,5,7H2,1-4H3,(H,17,23)(H,18,22,24)/t10-,11+,13-,16+/m1/s1. The van der Waals surface area contributed by atoms with Crippen LogP contribution in [-0.4, -0.2) is 55.9 Å². The van der Waals surface area contributed by atoms with Gasteiger partial charge in [-0.15, -0.1) is 0 Å². The molecule has 138 valence electrons. The fourth-order valence-corrected chi connectivity index (χ4v) is 3.63. The number of carbonyl (C=O) groups is 1. The van der Waals surface area contributed by atoms with Crippen LogP contribution < -0.4 is 16.6 Å². The number of hydrogen-bond donors (Lipinski definition) is 3. The molecule has 0 saturated carbocycles. The van der Waals surface area contributed by atoms with Crippen LogP contribution in [0.4, 0.5) is 4.79 Å². The molecule has 25 heavy (non-hydrogen) atoms. The topological polar surface area (TPSA) is 117 Å². The molecule has 0 aliphatic carbocycles. The molecular formula is C16H24N4O5. The van der Waals surface area contributed by atoms with Crippen LogP contribution in [0.15, 0.2) is 15.8 Å². The van der Waals surface area contributed by atoms with E-state index >= 15 is 0 Å². The molecule has 2 saturated heterocycles. The summed E-state index contributed by atoms with van der Waals surface area (Å²) in [5.41, 5.74) is -1.67. The number of hydrogen-bond acceptors (Lipinski definition) is 5. The van der Waals surface area contributed by atoms with Crippen molar-refractivity contribution < 1.29 is 14.6 Å². The molecule has 1 aromatic heterocycles. The average molecular weight is 352 g/mol. The number of aromatic nitrogens is 2. The molecule has 2 aliphatic heterocycles. The Morgan fingerprint density at radius 3 is 2.76 bits per heavy atom. The Bertz CT molecular complexity index is 800. The number of amides is 2. The number of nitrogens with one attached hydrogen (secondary N) is 2. The summed E-state index contributed by atoms with van der Waals surface area (Å²) in [6, 6.07) is -1.07. The Labute approximate surface area is 144 Å². The number of ether oxygens (including phenoxy) is 1. The molecule has 3 heterocycles. The number of fused-ring (bicyclic) bond motifs is 2. The molecule has 4 atom stereocenters. The van der Waals surface area contributed by atoms with E-state index in [4.69, 9.17) is 4.74 Å². The molecule has 9 nitrogen and oxygen atoms in total. The third-order valence-corrected chi connectivity index (χ3v) is 5.00. The number of aliphatic hydroxyl groups excluding tert-OH is 1. The molecule has 2 aliphatic rings. The molecule has 0 unspecified atom stereocenters. The molecular weight excluding hydrogens is 328 g/mol. The molecule has 1 aromatic rings. The molecule has 2 amide bonds. The second-order valence-corrected chi connectivity index (χ2v) is 7.07. The van der Waals surface area contributed by atoms with Crippen molar-refractivity contribution in [1.82, 2.24) is 19.8 Å². The average Bonchev–Trinajstić information content (AvgIpc) is 2.98. The van der Waals surface area contributed by atoms with Gasteiger partial charge in [0.2, 0.25) is 0 Å². The summed E-state index contributed by atoms with van der Waals surface area (Å²) in [7, 11) is 0. The van der Waals surface area contributed by atoms with Gasteiger partial charge in [-0.25, -0.2) is 9.59 Å². The number of H-pyrrole nitrogens is 1. The highest BCUT2D eigenvalue weighted by molar-refractivity contribution is 5.76. The Balaban J connectivity index is 2.02. The number of urea groups is 1. The Hall–Kier alpha value is -2.13. The van der Waals surface area contributed by atoms with E-state index in [0.29, 0.717) is 12.0 Å². The van der Waals surface area contributed by atoms with E-state index in [-0.39, 0.29) is 18.6 Å². The fraction of sp³-hybridized carbons (Fsp3) is 0.688. The summed E-state index contributed by atoms with van der Waals surface area (Å²) in [6.45, 7) is 7.40. The largest absolute Gasteiger partial charge is 0.388 e. The number of aliphatic hydroxyl groups is 1. The second-order valence-electron chi connectivity index (χ2n) is 7.07. The van der Waals surface area contributed by atoms with Gasteiger partial charge in [0.25, 0.3) is 5.56 Å². The lowest BCUT2D eigenvalue weighted by Crippen LogP contribution is -2.54. The minimum Gasteiger partial charge on any atom is -0.388 e. The van der Waals surface area contributed by atoms with Gasteiger partial charge in [0.1, 0.15) is 17.7 Å². The van der Waals surface area contributed by atoms with Gasteiger partial charge in [0, 0.05) is 17.8 Å². The van der Waals surface area contributed by atoms with Crippen molar-refractivity contribution in [2.24, 2.45) is 0 Å². The van der Waals surface area contributed by atoms with Gasteiger partial charge in [-0.05, 0) is 27.2 Å². The highest BCUT2D eigenvalue weighted by Gasteiger charge is 2.64. The smallest absolute Gasteiger partial charge is 0.330 e. The van der Waals surface area contributed by atoms with Crippen molar-refractivity contribution in [3.05, 3.63) is 32.6 Å². The fourth-order valence-electron chi connectivity index (χ4n) is 3.63. The van der Waals surface area contributed by atoms with Crippen molar-refractivity contribution in [2.45, 2.75) is 64.1 Å². The monoisotopic (exact) mass is 352 g/mol. The lowest BCUT2D eigenvalue weighted by molar-refractivity contribution is -0.131. The van der Waals surface area contributed by atoms with E-state index in [1.165, 1.54) is 15.7 Å². The predicted molar refractivity (Wildman–Crippen MR) is 89.4 cm³/mol. The highest BCUT2D eigenvalue weighted by atomic mass is 16.6. The maximum Gasteiger partial charge on any atom is 0.330 e. The van der Waals surface area contributed by atoms with E-state index in [9.17, 15) is 19.5 Å². The molecule has 3 N–H and O–H groups in total. The van der Waals surface area contributed by atoms with E-state index in [2.05, 4.69) is 10.3 Å². The quantitative estimate of drug-likeness (QED) is 0.690. The van der Waals surface area contributed by atoms with E-state index in [0.717, 1.165) is 0 Å². The Morgan fingerprint density at radius 1 is 1.52 bits per heavy atom. The first-order chi connectivity index (χ1) is 11.7. The summed E-state index contributed by atoms with van der Waals surface area (Å²) < 4.78 is 7.27. The van der Waals surface area contributed by atoms with Gasteiger partial charge in [0.15, 0.2) is 6.23 Å². The molecule has 9 heteroatoms. The lowest BCUT2D eigenvalue weighted by Gasteiger charge is -2.37. The Morgan fingerprint density at radius 2 is 2.20 bits per heavy atom. The first kappa shape index (κ1) is 17.7. The summed E-state index contributed by atoms with van der Waals surface area (Å²) >= 11 is 0. The molecule has 0 aromatic carbocycles. The summed E-state index contributed by atoms with van der Waals surface area (Å²) in [4.78, 5) is 40.1. The van der Waals surface area contributed by atoms with Gasteiger partial charge in [-0.1, -0.05) is 6.92 Å². The van der Waals surface area contributed by atoms with Gasteiger partial charge >= 0.3 is 11.7 Å². The van der Waals surface area contributed by atoms with Crippen molar-refractivity contribution in [3.8, 4) is 0 Å². The number of nitrogens with zero attached hydrogens (tertiary/aromatic N) is 2. The van der Waals surface area contributed by atoms with Crippen molar-refractivity contribution in [2.75, 3.05) is 6.54 Å². The van der Waals surface area contributed by atoms with Crippen LogP contribution in [0.2, 0.25) is 0 Å². The number of aryl methyl sites for hydroxylation is 1. The van der Waals surface area contributed by atoms with Crippen molar-refractivity contribution in [3.63, 3.8) is 0 Å². The first-order valence-electron chi connectivity index (χ1n) is 8.45. The van der Waals surface area contributed by atoms with Gasteiger partial charge in [-0.3, -0.25) is 14.3 Å². The zero-order valence-corrected chi connectivity index (χ0v) is 14.8. The number of rotatable bonds is 3. The normalized spacial score (nSPS) is 31.0. The number of morpholine rings is 1. The van der Waals surface area contributed by atoms with Crippen molar-refractivity contribution in [1.29, 1.82) is 0 Å². The van der Waals surface area contributed by atoms with E-state index in [1.54, 1.807) is 6.92 Å². The summed E-state index contributed by atoms with van der Waals surface area (Å²) in [6.07, 6.45) is 0.120. The van der Waals surface area contributed by atoms with Gasteiger partial charge in [-0.2, -0.15) is 0 Å². The van der Waals surface area contributed by atoms with Crippen LogP contribution >= 0.6 is 0 Å². The Kier molecular flexibility index (Phi) is 4.24. The number of aromatic amines is 1.